The molecular formula is C11H8ClFN4O3. The van der Waals surface area contributed by atoms with E-state index in [4.69, 9.17) is 22.2 Å². The summed E-state index contributed by atoms with van der Waals surface area (Å²) in [6.07, 6.45) is 0. The van der Waals surface area contributed by atoms with Gasteiger partial charge in [0.1, 0.15) is 11.6 Å². The monoisotopic (exact) mass is 298 g/mol. The van der Waals surface area contributed by atoms with Crippen LogP contribution >= 0.6 is 11.6 Å². The Labute approximate surface area is 117 Å². The summed E-state index contributed by atoms with van der Waals surface area (Å²) in [4.78, 5) is 14.0. The zero-order valence-electron chi connectivity index (χ0n) is 9.84. The quantitative estimate of drug-likeness (QED) is 0.511. The second-order valence-electron chi connectivity index (χ2n) is 3.63. The van der Waals surface area contributed by atoms with E-state index in [1.807, 2.05) is 0 Å². The number of nitro groups is 1. The minimum atomic E-state index is -0.623. The van der Waals surface area contributed by atoms with Gasteiger partial charge in [0, 0.05) is 0 Å². The van der Waals surface area contributed by atoms with Gasteiger partial charge in [0.2, 0.25) is 5.88 Å². The summed E-state index contributed by atoms with van der Waals surface area (Å²) in [7, 11) is 0. The van der Waals surface area contributed by atoms with Gasteiger partial charge >= 0.3 is 0 Å². The molecule has 0 aliphatic heterocycles. The summed E-state index contributed by atoms with van der Waals surface area (Å²) >= 11 is 5.79. The number of halogens is 2. The predicted molar refractivity (Wildman–Crippen MR) is 70.2 cm³/mol. The number of aromatic nitrogens is 1. The lowest BCUT2D eigenvalue weighted by Crippen LogP contribution is -2.09. The fraction of sp³-hybridized carbons (Fsp3) is 0. The zero-order chi connectivity index (χ0) is 14.7. The predicted octanol–water partition coefficient (Wildman–Crippen LogP) is 2.86. The normalized spacial score (nSPS) is 10.2. The molecule has 1 aromatic carbocycles. The van der Waals surface area contributed by atoms with E-state index in [-0.39, 0.29) is 28.2 Å². The molecule has 20 heavy (non-hydrogen) atoms. The van der Waals surface area contributed by atoms with Gasteiger partial charge in [0.15, 0.2) is 5.82 Å². The van der Waals surface area contributed by atoms with Crippen LogP contribution in [0.1, 0.15) is 0 Å². The standard InChI is InChI=1S/C11H8ClFN4O3/c12-8-3-6(13)1-2-9(8)20-11-5-7(17(18)19)4-10(15-11)16-14/h1-5H,14H2,(H,15,16). The number of benzene rings is 1. The van der Waals surface area contributed by atoms with E-state index in [2.05, 4.69) is 10.4 Å². The molecule has 0 aliphatic rings. The maximum atomic E-state index is 12.9. The number of rotatable bonds is 4. The van der Waals surface area contributed by atoms with Gasteiger partial charge in [0.05, 0.1) is 22.1 Å². The second-order valence-corrected chi connectivity index (χ2v) is 4.03. The summed E-state index contributed by atoms with van der Waals surface area (Å²) in [6.45, 7) is 0. The number of anilines is 1. The second kappa shape index (κ2) is 5.68. The van der Waals surface area contributed by atoms with Crippen LogP contribution in [0.3, 0.4) is 0 Å². The molecule has 0 saturated heterocycles. The number of ether oxygens (including phenoxy) is 1. The molecule has 0 spiro atoms. The first-order valence-electron chi connectivity index (χ1n) is 5.25. The maximum Gasteiger partial charge on any atom is 0.278 e. The van der Waals surface area contributed by atoms with Crippen LogP contribution in [0.15, 0.2) is 30.3 Å². The third kappa shape index (κ3) is 3.11. The van der Waals surface area contributed by atoms with Gasteiger partial charge in [-0.25, -0.2) is 10.2 Å². The molecular weight excluding hydrogens is 291 g/mol. The van der Waals surface area contributed by atoms with Crippen molar-refractivity contribution in [3.05, 3.63) is 51.3 Å². The molecule has 2 aromatic rings. The van der Waals surface area contributed by atoms with Crippen LogP contribution in [0.2, 0.25) is 5.02 Å². The Bertz CT molecular complexity index is 668. The van der Waals surface area contributed by atoms with Gasteiger partial charge in [-0.15, -0.1) is 0 Å². The van der Waals surface area contributed by atoms with E-state index >= 15 is 0 Å². The number of hydrogen-bond acceptors (Lipinski definition) is 6. The highest BCUT2D eigenvalue weighted by Gasteiger charge is 2.13. The summed E-state index contributed by atoms with van der Waals surface area (Å²) in [6, 6.07) is 5.71. The van der Waals surface area contributed by atoms with Crippen molar-refractivity contribution in [1.82, 2.24) is 4.98 Å². The number of nitrogens with one attached hydrogen (secondary N) is 1. The number of nitrogens with zero attached hydrogens (tertiary/aromatic N) is 2. The molecule has 0 aliphatic carbocycles. The molecule has 0 bridgehead atoms. The number of pyridine rings is 1. The summed E-state index contributed by atoms with van der Waals surface area (Å²) in [5, 5.41) is 10.8. The molecule has 0 fully saturated rings. The lowest BCUT2D eigenvalue weighted by Gasteiger charge is -2.08. The van der Waals surface area contributed by atoms with Crippen molar-refractivity contribution in [3.63, 3.8) is 0 Å². The fourth-order valence-corrected chi connectivity index (χ4v) is 1.60. The Morgan fingerprint density at radius 3 is 2.75 bits per heavy atom. The van der Waals surface area contributed by atoms with E-state index in [1.54, 1.807) is 0 Å². The summed E-state index contributed by atoms with van der Waals surface area (Å²) in [5.74, 6) is 4.70. The Kier molecular flexibility index (Phi) is 3.97. The van der Waals surface area contributed by atoms with Crippen molar-refractivity contribution in [2.24, 2.45) is 5.84 Å². The number of hydrogen-bond donors (Lipinski definition) is 2. The highest BCUT2D eigenvalue weighted by molar-refractivity contribution is 6.32. The largest absolute Gasteiger partial charge is 0.437 e. The lowest BCUT2D eigenvalue weighted by atomic mass is 10.3. The average molecular weight is 299 g/mol. The van der Waals surface area contributed by atoms with Crippen LogP contribution in [-0.4, -0.2) is 9.91 Å². The van der Waals surface area contributed by atoms with E-state index in [0.29, 0.717) is 0 Å². The molecule has 0 unspecified atom stereocenters. The molecule has 0 radical (unpaired) electrons. The fourth-order valence-electron chi connectivity index (χ4n) is 1.39. The molecule has 0 amide bonds. The van der Waals surface area contributed by atoms with Crippen molar-refractivity contribution in [3.8, 4) is 11.6 Å². The first-order chi connectivity index (χ1) is 9.49. The first kappa shape index (κ1) is 14.0. The van der Waals surface area contributed by atoms with E-state index in [9.17, 15) is 14.5 Å². The number of nitrogens with two attached hydrogens (primary N) is 1. The van der Waals surface area contributed by atoms with Crippen LogP contribution in [0.4, 0.5) is 15.9 Å². The van der Waals surface area contributed by atoms with Crippen molar-refractivity contribution in [2.45, 2.75) is 0 Å². The van der Waals surface area contributed by atoms with Crippen molar-refractivity contribution in [2.75, 3.05) is 5.43 Å². The molecule has 104 valence electrons. The third-order valence-electron chi connectivity index (χ3n) is 2.25. The van der Waals surface area contributed by atoms with Crippen LogP contribution in [0.5, 0.6) is 11.6 Å². The molecule has 1 heterocycles. The van der Waals surface area contributed by atoms with E-state index in [1.165, 1.54) is 6.07 Å². The molecule has 2 rings (SSSR count). The van der Waals surface area contributed by atoms with Crippen molar-refractivity contribution < 1.29 is 14.1 Å². The third-order valence-corrected chi connectivity index (χ3v) is 2.55. The molecule has 0 saturated carbocycles. The highest BCUT2D eigenvalue weighted by atomic mass is 35.5. The van der Waals surface area contributed by atoms with Crippen molar-refractivity contribution in [1.29, 1.82) is 0 Å². The summed E-state index contributed by atoms with van der Waals surface area (Å²) in [5.41, 5.74) is 1.92. The Balaban J connectivity index is 2.37. The van der Waals surface area contributed by atoms with Gasteiger partial charge in [-0.2, -0.15) is 4.98 Å². The minimum Gasteiger partial charge on any atom is -0.437 e. The van der Waals surface area contributed by atoms with Crippen LogP contribution in [0.25, 0.3) is 0 Å². The molecule has 9 heteroatoms. The molecule has 1 aromatic heterocycles. The van der Waals surface area contributed by atoms with Gasteiger partial charge < -0.3 is 10.2 Å². The molecule has 0 atom stereocenters. The Hall–Kier alpha value is -2.45. The van der Waals surface area contributed by atoms with E-state index in [0.717, 1.165) is 24.3 Å². The number of nitrogen functional groups attached to an aromatic ring is 1. The SMILES string of the molecule is NNc1cc([N+](=O)[O-])cc(Oc2ccc(F)cc2Cl)n1. The maximum absolute atomic E-state index is 12.9. The lowest BCUT2D eigenvalue weighted by molar-refractivity contribution is -0.384. The molecule has 3 N–H and O–H groups in total. The van der Waals surface area contributed by atoms with Crippen LogP contribution in [0, 0.1) is 15.9 Å². The van der Waals surface area contributed by atoms with Gasteiger partial charge in [-0.05, 0) is 18.2 Å². The van der Waals surface area contributed by atoms with Gasteiger partial charge in [-0.3, -0.25) is 10.1 Å². The Morgan fingerprint density at radius 1 is 1.40 bits per heavy atom. The molecule has 7 nitrogen and oxygen atoms in total. The summed E-state index contributed by atoms with van der Waals surface area (Å²) < 4.78 is 18.2. The topological polar surface area (TPSA) is 103 Å². The van der Waals surface area contributed by atoms with Crippen molar-refractivity contribution >= 4 is 23.1 Å². The van der Waals surface area contributed by atoms with Crippen LogP contribution in [-0.2, 0) is 0 Å². The smallest absolute Gasteiger partial charge is 0.278 e. The first-order valence-corrected chi connectivity index (χ1v) is 5.63. The average Bonchev–Trinajstić information content (AvgIpc) is 2.41. The minimum absolute atomic E-state index is 0.0144. The highest BCUT2D eigenvalue weighted by Crippen LogP contribution is 2.31. The number of hydrazine groups is 1. The Morgan fingerprint density at radius 2 is 2.15 bits per heavy atom. The van der Waals surface area contributed by atoms with Gasteiger partial charge in [-0.1, -0.05) is 11.6 Å². The van der Waals surface area contributed by atoms with E-state index < -0.39 is 10.7 Å². The van der Waals surface area contributed by atoms with Crippen LogP contribution < -0.4 is 16.0 Å². The van der Waals surface area contributed by atoms with Gasteiger partial charge in [0.25, 0.3) is 5.69 Å². The zero-order valence-corrected chi connectivity index (χ0v) is 10.6.